The minimum Gasteiger partial charge on any atom is -0.323 e. The molecular formula is C16H18ClN3O. The van der Waals surface area contributed by atoms with Crippen LogP contribution in [0, 0.1) is 19.8 Å². The maximum atomic E-state index is 12.4. The van der Waals surface area contributed by atoms with Crippen molar-refractivity contribution in [2.75, 3.05) is 5.32 Å². The lowest BCUT2D eigenvalue weighted by atomic mass is 10.1. The van der Waals surface area contributed by atoms with E-state index in [0.29, 0.717) is 5.92 Å². The first kappa shape index (κ1) is 14.1. The summed E-state index contributed by atoms with van der Waals surface area (Å²) in [4.78, 5) is 12.4. The first-order valence-corrected chi connectivity index (χ1v) is 7.41. The van der Waals surface area contributed by atoms with E-state index in [0.717, 1.165) is 28.5 Å². The largest absolute Gasteiger partial charge is 0.323 e. The van der Waals surface area contributed by atoms with Crippen LogP contribution in [0.25, 0.3) is 0 Å². The lowest BCUT2D eigenvalue weighted by Gasteiger charge is -2.05. The molecule has 3 rings (SSSR count). The molecule has 1 aliphatic carbocycles. The number of carbonyl (C=O) groups is 1. The van der Waals surface area contributed by atoms with E-state index in [9.17, 15) is 4.79 Å². The van der Waals surface area contributed by atoms with Crippen molar-refractivity contribution in [3.63, 3.8) is 0 Å². The summed E-state index contributed by atoms with van der Waals surface area (Å²) in [5, 5.41) is 8.07. The van der Waals surface area contributed by atoms with Crippen molar-refractivity contribution in [1.29, 1.82) is 0 Å². The lowest BCUT2D eigenvalue weighted by molar-refractivity contribution is -0.117. The third-order valence-electron chi connectivity index (χ3n) is 4.18. The number of rotatable bonds is 3. The number of hydrogen-bond donors (Lipinski definition) is 1. The van der Waals surface area contributed by atoms with Gasteiger partial charge >= 0.3 is 0 Å². The van der Waals surface area contributed by atoms with Gasteiger partial charge in [0.25, 0.3) is 0 Å². The second kappa shape index (κ2) is 5.19. The average molecular weight is 304 g/mol. The quantitative estimate of drug-likeness (QED) is 0.944. The van der Waals surface area contributed by atoms with Crippen molar-refractivity contribution in [1.82, 2.24) is 9.78 Å². The number of anilines is 1. The van der Waals surface area contributed by atoms with Crippen molar-refractivity contribution < 1.29 is 4.79 Å². The molecule has 1 N–H and O–H groups in total. The Balaban J connectivity index is 1.69. The molecule has 2 atom stereocenters. The molecule has 1 saturated carbocycles. The summed E-state index contributed by atoms with van der Waals surface area (Å²) in [6.45, 7) is 3.87. The van der Waals surface area contributed by atoms with Gasteiger partial charge in [-0.3, -0.25) is 9.48 Å². The Morgan fingerprint density at radius 3 is 2.57 bits per heavy atom. The molecular weight excluding hydrogens is 286 g/mol. The summed E-state index contributed by atoms with van der Waals surface area (Å²) in [5.74, 6) is 0.430. The molecule has 0 spiro atoms. The van der Waals surface area contributed by atoms with Gasteiger partial charge in [-0.05, 0) is 43.9 Å². The number of nitrogens with zero attached hydrogens (tertiary/aromatic N) is 2. The van der Waals surface area contributed by atoms with E-state index in [1.54, 1.807) is 4.68 Å². The molecule has 4 nitrogen and oxygen atoms in total. The molecule has 0 bridgehead atoms. The number of benzene rings is 1. The highest BCUT2D eigenvalue weighted by atomic mass is 35.5. The molecule has 1 aromatic heterocycles. The fourth-order valence-corrected chi connectivity index (χ4v) is 2.86. The Morgan fingerprint density at radius 2 is 2.00 bits per heavy atom. The van der Waals surface area contributed by atoms with Crippen molar-refractivity contribution >= 4 is 23.2 Å². The van der Waals surface area contributed by atoms with Gasteiger partial charge < -0.3 is 5.32 Å². The Morgan fingerprint density at radius 1 is 1.33 bits per heavy atom. The standard InChI is InChI=1S/C16H18ClN3O/c1-9-15(10(2)20(3)19-9)18-16(21)14-8-13(14)11-4-6-12(17)7-5-11/h4-7,13-14H,8H2,1-3H3,(H,18,21). The summed E-state index contributed by atoms with van der Waals surface area (Å²) < 4.78 is 1.79. The zero-order chi connectivity index (χ0) is 15.1. The predicted molar refractivity (Wildman–Crippen MR) is 83.6 cm³/mol. The van der Waals surface area contributed by atoms with Crippen LogP contribution in [0.2, 0.25) is 5.02 Å². The van der Waals surface area contributed by atoms with Gasteiger partial charge in [0.1, 0.15) is 0 Å². The fourth-order valence-electron chi connectivity index (χ4n) is 2.73. The monoisotopic (exact) mass is 303 g/mol. The first-order valence-electron chi connectivity index (χ1n) is 7.04. The number of aryl methyl sites for hydroxylation is 2. The van der Waals surface area contributed by atoms with Gasteiger partial charge in [0.15, 0.2) is 0 Å². The second-order valence-corrected chi connectivity index (χ2v) is 6.10. The zero-order valence-electron chi connectivity index (χ0n) is 12.4. The van der Waals surface area contributed by atoms with Gasteiger partial charge in [0.2, 0.25) is 5.91 Å². The van der Waals surface area contributed by atoms with E-state index in [2.05, 4.69) is 10.4 Å². The van der Waals surface area contributed by atoms with Crippen LogP contribution in [0.5, 0.6) is 0 Å². The third kappa shape index (κ3) is 2.68. The average Bonchev–Trinajstić information content (AvgIpc) is 3.20. The molecule has 110 valence electrons. The Hall–Kier alpha value is -1.81. The summed E-state index contributed by atoms with van der Waals surface area (Å²) in [7, 11) is 1.88. The van der Waals surface area contributed by atoms with Crippen LogP contribution in [0.3, 0.4) is 0 Å². The van der Waals surface area contributed by atoms with Crippen LogP contribution in [-0.4, -0.2) is 15.7 Å². The van der Waals surface area contributed by atoms with Gasteiger partial charge in [-0.2, -0.15) is 5.10 Å². The summed E-state index contributed by atoms with van der Waals surface area (Å²) in [6.07, 6.45) is 0.895. The number of nitrogens with one attached hydrogen (secondary N) is 1. The van der Waals surface area contributed by atoms with Crippen molar-refractivity contribution in [2.24, 2.45) is 13.0 Å². The third-order valence-corrected chi connectivity index (χ3v) is 4.43. The molecule has 1 aromatic carbocycles. The number of hydrogen-bond acceptors (Lipinski definition) is 2. The lowest BCUT2D eigenvalue weighted by Crippen LogP contribution is -2.15. The van der Waals surface area contributed by atoms with Crippen LogP contribution in [0.4, 0.5) is 5.69 Å². The molecule has 5 heteroatoms. The number of carbonyl (C=O) groups excluding carboxylic acids is 1. The van der Waals surface area contributed by atoms with Crippen LogP contribution in [0.1, 0.15) is 29.3 Å². The van der Waals surface area contributed by atoms with Crippen LogP contribution in [0.15, 0.2) is 24.3 Å². The molecule has 0 saturated heterocycles. The molecule has 2 unspecified atom stereocenters. The van der Waals surface area contributed by atoms with Gasteiger partial charge in [-0.15, -0.1) is 0 Å². The van der Waals surface area contributed by atoms with E-state index in [-0.39, 0.29) is 11.8 Å². The Bertz CT molecular complexity index is 690. The van der Waals surface area contributed by atoms with Crippen molar-refractivity contribution in [3.05, 3.63) is 46.2 Å². The highest BCUT2D eigenvalue weighted by Gasteiger charge is 2.44. The number of aromatic nitrogens is 2. The van der Waals surface area contributed by atoms with E-state index >= 15 is 0 Å². The van der Waals surface area contributed by atoms with Crippen molar-refractivity contribution in [2.45, 2.75) is 26.2 Å². The van der Waals surface area contributed by atoms with E-state index in [1.807, 2.05) is 45.2 Å². The van der Waals surface area contributed by atoms with Crippen LogP contribution in [-0.2, 0) is 11.8 Å². The fraction of sp³-hybridized carbons (Fsp3) is 0.375. The smallest absolute Gasteiger partial charge is 0.228 e. The zero-order valence-corrected chi connectivity index (χ0v) is 13.1. The summed E-state index contributed by atoms with van der Waals surface area (Å²) in [5.41, 5.74) is 3.85. The number of halogens is 1. The van der Waals surface area contributed by atoms with Crippen LogP contribution >= 0.6 is 11.6 Å². The van der Waals surface area contributed by atoms with Gasteiger partial charge in [-0.1, -0.05) is 23.7 Å². The molecule has 2 aromatic rings. The SMILES string of the molecule is Cc1nn(C)c(C)c1NC(=O)C1CC1c1ccc(Cl)cc1. The predicted octanol–water partition coefficient (Wildman–Crippen LogP) is 3.43. The highest BCUT2D eigenvalue weighted by Crippen LogP contribution is 2.48. The molecule has 0 aliphatic heterocycles. The second-order valence-electron chi connectivity index (χ2n) is 5.66. The Kier molecular flexibility index (Phi) is 3.49. The van der Waals surface area contributed by atoms with E-state index in [4.69, 9.17) is 11.6 Å². The molecule has 1 fully saturated rings. The molecule has 21 heavy (non-hydrogen) atoms. The van der Waals surface area contributed by atoms with Gasteiger partial charge in [0, 0.05) is 18.0 Å². The van der Waals surface area contributed by atoms with E-state index < -0.39 is 0 Å². The first-order chi connectivity index (χ1) is 9.97. The normalized spacial score (nSPS) is 20.4. The molecule has 1 aliphatic rings. The van der Waals surface area contributed by atoms with Gasteiger partial charge in [-0.25, -0.2) is 0 Å². The van der Waals surface area contributed by atoms with Crippen LogP contribution < -0.4 is 5.32 Å². The topological polar surface area (TPSA) is 46.9 Å². The molecule has 1 amide bonds. The summed E-state index contributed by atoms with van der Waals surface area (Å²) >= 11 is 5.89. The molecule has 0 radical (unpaired) electrons. The summed E-state index contributed by atoms with van der Waals surface area (Å²) in [6, 6.07) is 7.75. The minimum absolute atomic E-state index is 0.0465. The maximum Gasteiger partial charge on any atom is 0.228 e. The van der Waals surface area contributed by atoms with Crippen molar-refractivity contribution in [3.8, 4) is 0 Å². The maximum absolute atomic E-state index is 12.4. The molecule has 1 heterocycles. The highest BCUT2D eigenvalue weighted by molar-refractivity contribution is 6.30. The Labute approximate surface area is 129 Å². The van der Waals surface area contributed by atoms with Gasteiger partial charge in [0.05, 0.1) is 17.1 Å². The number of amides is 1. The minimum atomic E-state index is 0.0465. The van der Waals surface area contributed by atoms with E-state index in [1.165, 1.54) is 5.56 Å².